The molecule has 0 spiro atoms. The maximum absolute atomic E-state index is 12.2. The largest absolute Gasteiger partial charge is 0.330 e. The third-order valence-corrected chi connectivity index (χ3v) is 4.78. The van der Waals surface area contributed by atoms with Gasteiger partial charge in [0.1, 0.15) is 0 Å². The SMILES string of the molecule is CC(C)C(=O)c1ccc(S(=O)(=O)NCCCCN)cc1CN. The van der Waals surface area contributed by atoms with E-state index in [-0.39, 0.29) is 23.1 Å². The van der Waals surface area contributed by atoms with E-state index >= 15 is 0 Å². The van der Waals surface area contributed by atoms with Gasteiger partial charge in [0.2, 0.25) is 10.0 Å². The first-order valence-corrected chi connectivity index (χ1v) is 8.88. The van der Waals surface area contributed by atoms with E-state index in [1.807, 2.05) is 0 Å². The molecule has 1 aromatic rings. The Morgan fingerprint density at radius 3 is 2.45 bits per heavy atom. The van der Waals surface area contributed by atoms with Crippen molar-refractivity contribution in [1.29, 1.82) is 0 Å². The van der Waals surface area contributed by atoms with Crippen molar-refractivity contribution >= 4 is 15.8 Å². The number of carbonyl (C=O) groups excluding carboxylic acids is 1. The zero-order valence-corrected chi connectivity index (χ0v) is 13.9. The number of nitrogens with one attached hydrogen (secondary N) is 1. The van der Waals surface area contributed by atoms with E-state index in [0.717, 1.165) is 6.42 Å². The van der Waals surface area contributed by atoms with Crippen LogP contribution in [0.1, 0.15) is 42.6 Å². The van der Waals surface area contributed by atoms with Crippen LogP contribution in [-0.2, 0) is 16.6 Å². The molecule has 6 nitrogen and oxygen atoms in total. The molecule has 0 fully saturated rings. The number of ketones is 1. The van der Waals surface area contributed by atoms with Crippen LogP contribution in [0.4, 0.5) is 0 Å². The van der Waals surface area contributed by atoms with E-state index in [4.69, 9.17) is 11.5 Å². The van der Waals surface area contributed by atoms with Gasteiger partial charge in [0.05, 0.1) is 4.90 Å². The van der Waals surface area contributed by atoms with Crippen molar-refractivity contribution in [2.45, 2.75) is 38.1 Å². The Bertz CT molecular complexity index is 612. The van der Waals surface area contributed by atoms with E-state index in [9.17, 15) is 13.2 Å². The third kappa shape index (κ3) is 4.88. The number of sulfonamides is 1. The molecule has 0 heterocycles. The van der Waals surface area contributed by atoms with Crippen molar-refractivity contribution in [2.75, 3.05) is 13.1 Å². The van der Waals surface area contributed by atoms with Crippen LogP contribution in [0, 0.1) is 5.92 Å². The lowest BCUT2D eigenvalue weighted by Gasteiger charge is -2.12. The highest BCUT2D eigenvalue weighted by Gasteiger charge is 2.19. The molecule has 1 rings (SSSR count). The number of Topliss-reactive ketones (excluding diaryl/α,β-unsaturated/α-hetero) is 1. The summed E-state index contributed by atoms with van der Waals surface area (Å²) in [7, 11) is -3.59. The van der Waals surface area contributed by atoms with E-state index < -0.39 is 10.0 Å². The van der Waals surface area contributed by atoms with E-state index in [2.05, 4.69) is 4.72 Å². The Labute approximate surface area is 132 Å². The zero-order valence-electron chi connectivity index (χ0n) is 13.1. The monoisotopic (exact) mass is 327 g/mol. The van der Waals surface area contributed by atoms with Crippen LogP contribution in [-0.4, -0.2) is 27.3 Å². The molecule has 22 heavy (non-hydrogen) atoms. The first-order valence-electron chi connectivity index (χ1n) is 7.40. The van der Waals surface area contributed by atoms with Gasteiger partial charge in [-0.05, 0) is 43.1 Å². The van der Waals surface area contributed by atoms with Gasteiger partial charge in [0.25, 0.3) is 0 Å². The number of unbranched alkanes of at least 4 members (excludes halogenated alkanes) is 1. The second kappa shape index (κ2) is 8.38. The summed E-state index contributed by atoms with van der Waals surface area (Å²) in [5.41, 5.74) is 12.1. The molecule has 0 unspecified atom stereocenters. The Morgan fingerprint density at radius 1 is 1.23 bits per heavy atom. The van der Waals surface area contributed by atoms with Gasteiger partial charge >= 0.3 is 0 Å². The van der Waals surface area contributed by atoms with Crippen molar-refractivity contribution < 1.29 is 13.2 Å². The van der Waals surface area contributed by atoms with E-state index in [0.29, 0.717) is 30.6 Å². The first-order chi connectivity index (χ1) is 10.3. The van der Waals surface area contributed by atoms with Crippen molar-refractivity contribution in [3.63, 3.8) is 0 Å². The van der Waals surface area contributed by atoms with Gasteiger partial charge in [0.15, 0.2) is 5.78 Å². The highest BCUT2D eigenvalue weighted by Crippen LogP contribution is 2.19. The second-order valence-electron chi connectivity index (χ2n) is 5.44. The van der Waals surface area contributed by atoms with Crippen LogP contribution in [0.2, 0.25) is 0 Å². The summed E-state index contributed by atoms with van der Waals surface area (Å²) in [4.78, 5) is 12.2. The fourth-order valence-corrected chi connectivity index (χ4v) is 3.14. The molecule has 0 aliphatic carbocycles. The highest BCUT2D eigenvalue weighted by atomic mass is 32.2. The number of hydrogen-bond acceptors (Lipinski definition) is 5. The topological polar surface area (TPSA) is 115 Å². The molecule has 0 aromatic heterocycles. The Hall–Kier alpha value is -1.28. The predicted molar refractivity (Wildman–Crippen MR) is 87.0 cm³/mol. The average Bonchev–Trinajstić information content (AvgIpc) is 2.50. The summed E-state index contributed by atoms with van der Waals surface area (Å²) in [6.07, 6.45) is 1.45. The smallest absolute Gasteiger partial charge is 0.240 e. The molecule has 0 saturated carbocycles. The van der Waals surface area contributed by atoms with Gasteiger partial charge < -0.3 is 11.5 Å². The van der Waals surface area contributed by atoms with Crippen LogP contribution in [0.25, 0.3) is 0 Å². The first kappa shape index (κ1) is 18.8. The van der Waals surface area contributed by atoms with Gasteiger partial charge in [-0.1, -0.05) is 13.8 Å². The van der Waals surface area contributed by atoms with Crippen LogP contribution < -0.4 is 16.2 Å². The third-order valence-electron chi connectivity index (χ3n) is 3.32. The molecule has 0 aliphatic rings. The van der Waals surface area contributed by atoms with E-state index in [1.165, 1.54) is 12.1 Å². The molecule has 0 radical (unpaired) electrons. The van der Waals surface area contributed by atoms with Crippen LogP contribution >= 0.6 is 0 Å². The summed E-state index contributed by atoms with van der Waals surface area (Å²) in [5, 5.41) is 0. The molecule has 5 N–H and O–H groups in total. The van der Waals surface area contributed by atoms with Crippen molar-refractivity contribution in [3.05, 3.63) is 29.3 Å². The molecular formula is C15H25N3O3S. The molecule has 0 bridgehead atoms. The summed E-state index contributed by atoms with van der Waals surface area (Å²) in [6.45, 7) is 4.58. The molecular weight excluding hydrogens is 302 g/mol. The van der Waals surface area contributed by atoms with Gasteiger partial charge in [-0.3, -0.25) is 4.79 Å². The minimum Gasteiger partial charge on any atom is -0.330 e. The van der Waals surface area contributed by atoms with Gasteiger partial charge in [-0.25, -0.2) is 13.1 Å². The number of nitrogens with two attached hydrogens (primary N) is 2. The molecule has 0 amide bonds. The fourth-order valence-electron chi connectivity index (χ4n) is 2.02. The van der Waals surface area contributed by atoms with Gasteiger partial charge in [-0.2, -0.15) is 0 Å². The standard InChI is InChI=1S/C15H25N3O3S/c1-11(2)15(19)14-6-5-13(9-12(14)10-17)22(20,21)18-8-4-3-7-16/h5-6,9,11,18H,3-4,7-8,10,16-17H2,1-2H3. The number of carbonyl (C=O) groups is 1. The molecule has 1 aromatic carbocycles. The summed E-state index contributed by atoms with van der Waals surface area (Å²) >= 11 is 0. The fraction of sp³-hybridized carbons (Fsp3) is 0.533. The van der Waals surface area contributed by atoms with E-state index in [1.54, 1.807) is 19.9 Å². The van der Waals surface area contributed by atoms with Gasteiger partial charge in [-0.15, -0.1) is 0 Å². The zero-order chi connectivity index (χ0) is 16.8. The summed E-state index contributed by atoms with van der Waals surface area (Å²) < 4.78 is 26.9. The lowest BCUT2D eigenvalue weighted by Crippen LogP contribution is -2.25. The van der Waals surface area contributed by atoms with Crippen molar-refractivity contribution in [1.82, 2.24) is 4.72 Å². The molecule has 0 saturated heterocycles. The lowest BCUT2D eigenvalue weighted by atomic mass is 9.96. The van der Waals surface area contributed by atoms with Crippen molar-refractivity contribution in [2.24, 2.45) is 17.4 Å². The lowest BCUT2D eigenvalue weighted by molar-refractivity contribution is 0.0938. The normalized spacial score (nSPS) is 11.9. The maximum Gasteiger partial charge on any atom is 0.240 e. The Kier molecular flexibility index (Phi) is 7.15. The van der Waals surface area contributed by atoms with Crippen LogP contribution in [0.3, 0.4) is 0 Å². The Morgan fingerprint density at radius 2 is 1.91 bits per heavy atom. The highest BCUT2D eigenvalue weighted by molar-refractivity contribution is 7.89. The molecule has 0 atom stereocenters. The minimum absolute atomic E-state index is 0.0414. The van der Waals surface area contributed by atoms with Crippen LogP contribution in [0.15, 0.2) is 23.1 Å². The van der Waals surface area contributed by atoms with Crippen molar-refractivity contribution in [3.8, 4) is 0 Å². The van der Waals surface area contributed by atoms with Crippen LogP contribution in [0.5, 0.6) is 0 Å². The summed E-state index contributed by atoms with van der Waals surface area (Å²) in [6, 6.07) is 4.46. The predicted octanol–water partition coefficient (Wildman–Crippen LogP) is 1.00. The summed E-state index contributed by atoms with van der Waals surface area (Å²) in [5.74, 6) is -0.206. The number of hydrogen-bond donors (Lipinski definition) is 3. The Balaban J connectivity index is 2.99. The van der Waals surface area contributed by atoms with Gasteiger partial charge in [0, 0.05) is 24.6 Å². The maximum atomic E-state index is 12.2. The molecule has 7 heteroatoms. The quantitative estimate of drug-likeness (QED) is 0.462. The number of rotatable bonds is 9. The molecule has 124 valence electrons. The number of benzene rings is 1. The average molecular weight is 327 g/mol. The second-order valence-corrected chi connectivity index (χ2v) is 7.20. The molecule has 0 aliphatic heterocycles. The minimum atomic E-state index is -3.59.